The molecule has 2 fully saturated rings. The molecule has 0 saturated carbocycles. The van der Waals surface area contributed by atoms with Crippen LogP contribution in [0.15, 0.2) is 35.4 Å². The zero-order valence-electron chi connectivity index (χ0n) is 14.4. The molecule has 0 bridgehead atoms. The average Bonchev–Trinajstić information content (AvgIpc) is 3.18. The van der Waals surface area contributed by atoms with Gasteiger partial charge in [0.2, 0.25) is 5.95 Å². The van der Waals surface area contributed by atoms with E-state index in [4.69, 9.17) is 4.74 Å². The Labute approximate surface area is 150 Å². The monoisotopic (exact) mass is 355 g/mol. The van der Waals surface area contributed by atoms with E-state index in [0.717, 1.165) is 12.1 Å². The van der Waals surface area contributed by atoms with E-state index in [2.05, 4.69) is 15.0 Å². The molecule has 0 aliphatic carbocycles. The van der Waals surface area contributed by atoms with Crippen LogP contribution in [0.3, 0.4) is 0 Å². The molecule has 2 aromatic rings. The van der Waals surface area contributed by atoms with E-state index in [-0.39, 0.29) is 17.4 Å². The molecule has 0 aromatic carbocycles. The van der Waals surface area contributed by atoms with Gasteiger partial charge in [0, 0.05) is 50.6 Å². The Morgan fingerprint density at radius 2 is 2.12 bits per heavy atom. The Bertz CT molecular complexity index is 832. The van der Waals surface area contributed by atoms with Crippen LogP contribution in [0.2, 0.25) is 0 Å². The van der Waals surface area contributed by atoms with Crippen molar-refractivity contribution < 1.29 is 9.53 Å². The Balaban J connectivity index is 1.51. The lowest BCUT2D eigenvalue weighted by molar-refractivity contribution is 0.0790. The fraction of sp³-hybridized carbons (Fsp3) is 0.444. The zero-order chi connectivity index (χ0) is 17.9. The molecule has 4 heterocycles. The molecule has 0 radical (unpaired) electrons. The number of hydrogen-bond acceptors (Lipinski definition) is 6. The first kappa shape index (κ1) is 16.7. The maximum atomic E-state index is 12.6. The normalized spacial score (nSPS) is 20.4. The van der Waals surface area contributed by atoms with Crippen LogP contribution in [0.25, 0.3) is 0 Å². The molecule has 8 nitrogen and oxygen atoms in total. The largest absolute Gasteiger partial charge is 0.378 e. The van der Waals surface area contributed by atoms with E-state index < -0.39 is 0 Å². The van der Waals surface area contributed by atoms with Gasteiger partial charge in [0.05, 0.1) is 24.5 Å². The molecular weight excluding hydrogens is 334 g/mol. The second-order valence-electron chi connectivity index (χ2n) is 6.57. The number of amides is 1. The number of rotatable bonds is 3. The lowest BCUT2D eigenvalue weighted by Gasteiger charge is -2.27. The summed E-state index contributed by atoms with van der Waals surface area (Å²) in [5.41, 5.74) is 1.17. The number of carbonyl (C=O) groups excluding carboxylic acids is 1. The molecule has 2 aliphatic heterocycles. The summed E-state index contributed by atoms with van der Waals surface area (Å²) in [7, 11) is 0. The highest BCUT2D eigenvalue weighted by Gasteiger charge is 2.29. The first-order chi connectivity index (χ1) is 12.7. The van der Waals surface area contributed by atoms with Crippen molar-refractivity contribution in [1.29, 1.82) is 0 Å². The van der Waals surface area contributed by atoms with Gasteiger partial charge in [0.15, 0.2) is 0 Å². The van der Waals surface area contributed by atoms with Crippen LogP contribution < -0.4 is 10.5 Å². The summed E-state index contributed by atoms with van der Waals surface area (Å²) in [6.45, 7) is 3.90. The fourth-order valence-corrected chi connectivity index (χ4v) is 3.46. The van der Waals surface area contributed by atoms with Crippen LogP contribution in [0.1, 0.15) is 28.4 Å². The zero-order valence-corrected chi connectivity index (χ0v) is 14.4. The maximum Gasteiger partial charge on any atom is 0.255 e. The molecule has 2 aromatic heterocycles. The third-order valence-electron chi connectivity index (χ3n) is 4.86. The van der Waals surface area contributed by atoms with Crippen molar-refractivity contribution in [3.8, 4) is 0 Å². The summed E-state index contributed by atoms with van der Waals surface area (Å²) in [6, 6.07) is 5.07. The van der Waals surface area contributed by atoms with E-state index in [1.54, 1.807) is 35.5 Å². The molecule has 1 N–H and O–H groups in total. The van der Waals surface area contributed by atoms with Crippen molar-refractivity contribution >= 4 is 11.9 Å². The molecule has 4 rings (SSSR count). The van der Waals surface area contributed by atoms with E-state index in [9.17, 15) is 9.59 Å². The van der Waals surface area contributed by atoms with Gasteiger partial charge in [-0.2, -0.15) is 0 Å². The number of morpholine rings is 1. The number of nitrogens with one attached hydrogen (secondary N) is 1. The third kappa shape index (κ3) is 3.45. The summed E-state index contributed by atoms with van der Waals surface area (Å²) >= 11 is 0. The van der Waals surface area contributed by atoms with Crippen molar-refractivity contribution in [1.82, 2.24) is 19.9 Å². The van der Waals surface area contributed by atoms with Crippen LogP contribution in [-0.2, 0) is 4.74 Å². The number of pyridine rings is 1. The Morgan fingerprint density at radius 3 is 2.88 bits per heavy atom. The van der Waals surface area contributed by atoms with Gasteiger partial charge >= 0.3 is 0 Å². The number of anilines is 1. The minimum Gasteiger partial charge on any atom is -0.378 e. The Morgan fingerprint density at radius 1 is 1.27 bits per heavy atom. The molecule has 2 saturated heterocycles. The topological polar surface area (TPSA) is 91.4 Å². The second kappa shape index (κ2) is 7.25. The Hall–Kier alpha value is -2.74. The molecule has 8 heteroatoms. The Kier molecular flexibility index (Phi) is 4.66. The van der Waals surface area contributed by atoms with Crippen molar-refractivity contribution in [2.45, 2.75) is 12.3 Å². The molecular formula is C18H21N5O3. The van der Waals surface area contributed by atoms with Gasteiger partial charge in [-0.05, 0) is 18.6 Å². The summed E-state index contributed by atoms with van der Waals surface area (Å²) < 4.78 is 5.35. The molecule has 136 valence electrons. The van der Waals surface area contributed by atoms with Gasteiger partial charge in [0.1, 0.15) is 0 Å². The van der Waals surface area contributed by atoms with Crippen molar-refractivity contribution in [2.24, 2.45) is 0 Å². The van der Waals surface area contributed by atoms with Gasteiger partial charge < -0.3 is 14.5 Å². The number of likely N-dealkylation sites (tertiary alicyclic amines) is 1. The van der Waals surface area contributed by atoms with Crippen LogP contribution in [0.5, 0.6) is 0 Å². The molecule has 1 amide bonds. The summed E-state index contributed by atoms with van der Waals surface area (Å²) in [5, 5.41) is 0. The van der Waals surface area contributed by atoms with Crippen LogP contribution in [-0.4, -0.2) is 65.2 Å². The lowest BCUT2D eigenvalue weighted by Crippen LogP contribution is -2.38. The maximum absolute atomic E-state index is 12.6. The fourth-order valence-electron chi connectivity index (χ4n) is 3.46. The lowest BCUT2D eigenvalue weighted by atomic mass is 10.0. The number of aromatic amines is 1. The second-order valence-corrected chi connectivity index (χ2v) is 6.57. The minimum atomic E-state index is -0.159. The van der Waals surface area contributed by atoms with Gasteiger partial charge in [-0.3, -0.25) is 19.6 Å². The highest BCUT2D eigenvalue weighted by molar-refractivity contribution is 5.94. The van der Waals surface area contributed by atoms with Gasteiger partial charge in [-0.1, -0.05) is 0 Å². The predicted molar refractivity (Wildman–Crippen MR) is 95.4 cm³/mol. The number of hydrogen-bond donors (Lipinski definition) is 1. The quantitative estimate of drug-likeness (QED) is 0.868. The summed E-state index contributed by atoms with van der Waals surface area (Å²) in [4.78, 5) is 40.0. The molecule has 0 spiro atoms. The van der Waals surface area contributed by atoms with Crippen LogP contribution in [0, 0.1) is 0 Å². The smallest absolute Gasteiger partial charge is 0.255 e. The number of carbonyl (C=O) groups is 1. The summed E-state index contributed by atoms with van der Waals surface area (Å²) in [5.74, 6) is 0.629. The van der Waals surface area contributed by atoms with Crippen molar-refractivity contribution in [2.75, 3.05) is 44.3 Å². The van der Waals surface area contributed by atoms with Gasteiger partial charge in [-0.25, -0.2) is 4.98 Å². The standard InChI is InChI=1S/C18H21N5O3/c24-16-10-15(20-18(21-16)22-6-8-26-9-7-22)14-3-5-23(12-14)17(25)13-2-1-4-19-11-13/h1-2,4,10-11,14H,3,5-9,12H2,(H,20,21,24)/t14-/m1/s1. The van der Waals surface area contributed by atoms with Crippen molar-refractivity contribution in [3.05, 3.63) is 52.2 Å². The number of nitrogens with zero attached hydrogens (tertiary/aromatic N) is 4. The minimum absolute atomic E-state index is 0.0288. The highest BCUT2D eigenvalue weighted by atomic mass is 16.5. The van der Waals surface area contributed by atoms with Crippen LogP contribution in [0.4, 0.5) is 5.95 Å². The first-order valence-corrected chi connectivity index (χ1v) is 8.84. The van der Waals surface area contributed by atoms with E-state index in [0.29, 0.717) is 50.9 Å². The summed E-state index contributed by atoms with van der Waals surface area (Å²) in [6.07, 6.45) is 4.03. The van der Waals surface area contributed by atoms with E-state index in [1.165, 1.54) is 0 Å². The number of H-pyrrole nitrogens is 1. The SMILES string of the molecule is O=C(c1cccnc1)N1CC[C@@H](c2cc(=O)[nH]c(N3CCOCC3)n2)C1. The number of aromatic nitrogens is 3. The van der Waals surface area contributed by atoms with E-state index in [1.807, 2.05) is 4.90 Å². The average molecular weight is 355 g/mol. The molecule has 1 atom stereocenters. The van der Waals surface area contributed by atoms with Crippen molar-refractivity contribution in [3.63, 3.8) is 0 Å². The van der Waals surface area contributed by atoms with Crippen LogP contribution >= 0.6 is 0 Å². The predicted octanol–water partition coefficient (Wildman–Crippen LogP) is 0.631. The highest BCUT2D eigenvalue weighted by Crippen LogP contribution is 2.27. The number of ether oxygens (including phenoxy) is 1. The van der Waals surface area contributed by atoms with E-state index >= 15 is 0 Å². The molecule has 26 heavy (non-hydrogen) atoms. The van der Waals surface area contributed by atoms with Gasteiger partial charge in [0.25, 0.3) is 11.5 Å². The third-order valence-corrected chi connectivity index (χ3v) is 4.86. The molecule has 0 unspecified atom stereocenters. The first-order valence-electron chi connectivity index (χ1n) is 8.84. The van der Waals surface area contributed by atoms with Gasteiger partial charge in [-0.15, -0.1) is 0 Å². The molecule has 2 aliphatic rings.